The highest BCUT2D eigenvalue weighted by atomic mass is 35.5. The van der Waals surface area contributed by atoms with Crippen LogP contribution in [-0.2, 0) is 4.79 Å². The smallest absolute Gasteiger partial charge is 0.341 e. The average Bonchev–Trinajstić information content (AvgIpc) is 2.93. The molecule has 4 nitrogen and oxygen atoms in total. The third-order valence-electron chi connectivity index (χ3n) is 2.32. The van der Waals surface area contributed by atoms with E-state index in [2.05, 4.69) is 11.6 Å². The number of hydrogen-bond acceptors (Lipinski definition) is 5. The van der Waals surface area contributed by atoms with Gasteiger partial charge < -0.3 is 9.84 Å². The number of aromatic nitrogens is 1. The Morgan fingerprint density at radius 1 is 1.47 bits per heavy atom. The van der Waals surface area contributed by atoms with Crippen molar-refractivity contribution in [2.24, 2.45) is 0 Å². The van der Waals surface area contributed by atoms with E-state index in [4.69, 9.17) is 16.3 Å². The molecule has 0 saturated heterocycles. The van der Waals surface area contributed by atoms with Crippen molar-refractivity contribution in [3.63, 3.8) is 0 Å². The second kappa shape index (κ2) is 5.97. The first-order chi connectivity index (χ1) is 9.09. The van der Waals surface area contributed by atoms with E-state index in [1.165, 1.54) is 17.5 Å². The maximum Gasteiger partial charge on any atom is 0.341 e. The molecule has 0 fully saturated rings. The molecule has 1 aromatic heterocycles. The molecule has 1 atom stereocenters. The van der Waals surface area contributed by atoms with Gasteiger partial charge in [0.25, 0.3) is 0 Å². The number of esters is 1. The summed E-state index contributed by atoms with van der Waals surface area (Å²) in [6.07, 6.45) is 0.366. The van der Waals surface area contributed by atoms with E-state index in [-0.39, 0.29) is 11.3 Å². The molecule has 0 aliphatic rings. The summed E-state index contributed by atoms with van der Waals surface area (Å²) in [6.45, 7) is 3.54. The zero-order chi connectivity index (χ0) is 13.8. The van der Waals surface area contributed by atoms with E-state index in [0.29, 0.717) is 10.0 Å². The van der Waals surface area contributed by atoms with Crippen LogP contribution in [0.15, 0.2) is 48.0 Å². The Morgan fingerprint density at radius 2 is 2.21 bits per heavy atom. The summed E-state index contributed by atoms with van der Waals surface area (Å²) in [5, 5.41) is 12.3. The molecule has 1 aromatic carbocycles. The summed E-state index contributed by atoms with van der Waals surface area (Å²) in [5.41, 5.74) is -0.0881. The third-order valence-corrected chi connectivity index (χ3v) is 3.46. The highest BCUT2D eigenvalue weighted by Crippen LogP contribution is 2.27. The molecule has 1 unspecified atom stereocenters. The van der Waals surface area contributed by atoms with E-state index in [9.17, 15) is 9.90 Å². The third kappa shape index (κ3) is 3.20. The Balaban J connectivity index is 2.08. The molecule has 1 N–H and O–H groups in total. The minimum Gasteiger partial charge on any atom is -0.422 e. The quantitative estimate of drug-likeness (QED) is 0.535. The van der Waals surface area contributed by atoms with Gasteiger partial charge in [0, 0.05) is 11.6 Å². The lowest BCUT2D eigenvalue weighted by Crippen LogP contribution is -2.16. The number of aliphatic hydroxyl groups is 1. The molecule has 0 aliphatic carbocycles. The van der Waals surface area contributed by atoms with Crippen molar-refractivity contribution in [2.45, 2.75) is 6.10 Å². The van der Waals surface area contributed by atoms with E-state index in [1.807, 2.05) is 0 Å². The van der Waals surface area contributed by atoms with E-state index in [0.717, 1.165) is 0 Å². The first-order valence-electron chi connectivity index (χ1n) is 5.32. The SMILES string of the molecule is C=C(C(=O)Oc1ccccc1Cl)C(O)c1nccs1. The van der Waals surface area contributed by atoms with Crippen LogP contribution in [0, 0.1) is 0 Å². The predicted octanol–water partition coefficient (Wildman–Crippen LogP) is 2.99. The number of aliphatic hydroxyl groups excluding tert-OH is 1. The van der Waals surface area contributed by atoms with Crippen LogP contribution in [0.1, 0.15) is 11.1 Å². The molecule has 0 aliphatic heterocycles. The van der Waals surface area contributed by atoms with Gasteiger partial charge in [-0.3, -0.25) is 0 Å². The number of rotatable bonds is 4. The van der Waals surface area contributed by atoms with Gasteiger partial charge in [-0.2, -0.15) is 0 Å². The van der Waals surface area contributed by atoms with Gasteiger partial charge in [-0.15, -0.1) is 11.3 Å². The Morgan fingerprint density at radius 3 is 2.84 bits per heavy atom. The summed E-state index contributed by atoms with van der Waals surface area (Å²) in [5.74, 6) is -0.516. The number of para-hydroxylation sites is 1. The van der Waals surface area contributed by atoms with Crippen molar-refractivity contribution in [2.75, 3.05) is 0 Å². The summed E-state index contributed by atoms with van der Waals surface area (Å²) in [6, 6.07) is 6.57. The fourth-order valence-electron chi connectivity index (χ4n) is 1.32. The maximum absolute atomic E-state index is 11.8. The molecule has 0 amide bonds. The van der Waals surface area contributed by atoms with Gasteiger partial charge in [-0.05, 0) is 12.1 Å². The average molecular weight is 296 g/mol. The van der Waals surface area contributed by atoms with Gasteiger partial charge in [-0.25, -0.2) is 9.78 Å². The van der Waals surface area contributed by atoms with E-state index >= 15 is 0 Å². The second-order valence-corrected chi connectivity index (χ2v) is 4.95. The number of benzene rings is 1. The standard InChI is InChI=1S/C13H10ClNO3S/c1-8(11(16)12-15-6-7-19-12)13(17)18-10-5-3-2-4-9(10)14/h2-7,11,16H,1H2. The molecule has 2 rings (SSSR count). The lowest BCUT2D eigenvalue weighted by molar-refractivity contribution is -0.131. The molecular formula is C13H10ClNO3S. The van der Waals surface area contributed by atoms with Crippen LogP contribution < -0.4 is 4.74 Å². The molecule has 98 valence electrons. The summed E-state index contributed by atoms with van der Waals surface area (Å²) in [7, 11) is 0. The molecule has 6 heteroatoms. The number of halogens is 1. The highest BCUT2D eigenvalue weighted by molar-refractivity contribution is 7.09. The van der Waals surface area contributed by atoms with Gasteiger partial charge in [-0.1, -0.05) is 30.3 Å². The minimum absolute atomic E-state index is 0.0881. The van der Waals surface area contributed by atoms with Crippen LogP contribution in [0.2, 0.25) is 5.02 Å². The monoisotopic (exact) mass is 295 g/mol. The van der Waals surface area contributed by atoms with Crippen molar-refractivity contribution < 1.29 is 14.6 Å². The zero-order valence-electron chi connectivity index (χ0n) is 9.75. The fraction of sp³-hybridized carbons (Fsp3) is 0.0769. The Bertz CT molecular complexity index is 598. The van der Waals surface area contributed by atoms with Gasteiger partial charge >= 0.3 is 5.97 Å². The van der Waals surface area contributed by atoms with Crippen molar-refractivity contribution in [3.8, 4) is 5.75 Å². The number of thiazole rings is 1. The van der Waals surface area contributed by atoms with Crippen LogP contribution in [0.4, 0.5) is 0 Å². The number of ether oxygens (including phenoxy) is 1. The van der Waals surface area contributed by atoms with Gasteiger partial charge in [0.2, 0.25) is 0 Å². The molecular weight excluding hydrogens is 286 g/mol. The number of carbonyl (C=O) groups is 1. The molecule has 0 saturated carbocycles. The summed E-state index contributed by atoms with van der Waals surface area (Å²) < 4.78 is 5.07. The molecule has 0 spiro atoms. The summed E-state index contributed by atoms with van der Waals surface area (Å²) in [4.78, 5) is 15.8. The molecule has 1 heterocycles. The topological polar surface area (TPSA) is 59.4 Å². The van der Waals surface area contributed by atoms with Crippen LogP contribution in [-0.4, -0.2) is 16.1 Å². The molecule has 0 radical (unpaired) electrons. The van der Waals surface area contributed by atoms with Gasteiger partial charge in [0.05, 0.1) is 10.6 Å². The second-order valence-electron chi connectivity index (χ2n) is 3.62. The molecule has 2 aromatic rings. The van der Waals surface area contributed by atoms with Crippen LogP contribution in [0.25, 0.3) is 0 Å². The zero-order valence-corrected chi connectivity index (χ0v) is 11.3. The Kier molecular flexibility index (Phi) is 4.31. The first-order valence-corrected chi connectivity index (χ1v) is 6.58. The lowest BCUT2D eigenvalue weighted by Gasteiger charge is -2.11. The van der Waals surface area contributed by atoms with E-state index < -0.39 is 12.1 Å². The molecule has 19 heavy (non-hydrogen) atoms. The Hall–Kier alpha value is -1.69. The van der Waals surface area contributed by atoms with Gasteiger partial charge in [0.15, 0.2) is 0 Å². The predicted molar refractivity (Wildman–Crippen MR) is 73.3 cm³/mol. The largest absolute Gasteiger partial charge is 0.422 e. The maximum atomic E-state index is 11.8. The number of hydrogen-bond donors (Lipinski definition) is 1. The normalized spacial score (nSPS) is 11.9. The number of nitrogens with zero attached hydrogens (tertiary/aromatic N) is 1. The van der Waals surface area contributed by atoms with Crippen LogP contribution in [0.5, 0.6) is 5.75 Å². The van der Waals surface area contributed by atoms with Crippen molar-refractivity contribution in [1.82, 2.24) is 4.98 Å². The summed E-state index contributed by atoms with van der Waals surface area (Å²) >= 11 is 7.10. The highest BCUT2D eigenvalue weighted by Gasteiger charge is 2.22. The van der Waals surface area contributed by atoms with Crippen molar-refractivity contribution in [1.29, 1.82) is 0 Å². The fourth-order valence-corrected chi connectivity index (χ4v) is 2.15. The van der Waals surface area contributed by atoms with Gasteiger partial charge in [0.1, 0.15) is 16.9 Å². The lowest BCUT2D eigenvalue weighted by atomic mass is 10.2. The van der Waals surface area contributed by atoms with Crippen LogP contribution in [0.3, 0.4) is 0 Å². The Labute approximate surface area is 118 Å². The van der Waals surface area contributed by atoms with Crippen molar-refractivity contribution in [3.05, 3.63) is 58.0 Å². The number of carbonyl (C=O) groups excluding carboxylic acids is 1. The molecule has 0 bridgehead atoms. The minimum atomic E-state index is -1.17. The van der Waals surface area contributed by atoms with E-state index in [1.54, 1.807) is 29.6 Å². The van der Waals surface area contributed by atoms with Crippen molar-refractivity contribution >= 4 is 28.9 Å². The first kappa shape index (κ1) is 13.7. The van der Waals surface area contributed by atoms with Crippen LogP contribution >= 0.6 is 22.9 Å².